The number of nitrogens with one attached hydrogen (secondary N) is 2. The van der Waals surface area contributed by atoms with Gasteiger partial charge in [0, 0.05) is 16.8 Å². The molecular weight excluding hydrogens is 268 g/mol. The molecule has 1 aromatic rings. The fraction of sp³-hybridized carbons (Fsp3) is 0.533. The van der Waals surface area contributed by atoms with Crippen LogP contribution in [-0.2, 0) is 11.2 Å². The summed E-state index contributed by atoms with van der Waals surface area (Å²) in [5.41, 5.74) is 6.49. The first-order valence-electron chi connectivity index (χ1n) is 7.01. The van der Waals surface area contributed by atoms with E-state index in [1.165, 1.54) is 6.07 Å². The Labute approximate surface area is 125 Å². The van der Waals surface area contributed by atoms with Gasteiger partial charge in [0.05, 0.1) is 0 Å². The Hall–Kier alpha value is -2.11. The number of nitrogen functional groups attached to an aromatic ring is 1. The molecule has 1 heterocycles. The van der Waals surface area contributed by atoms with E-state index in [2.05, 4.69) is 15.6 Å². The maximum absolute atomic E-state index is 12.2. The minimum atomic E-state index is -0.629. The zero-order chi connectivity index (χ0) is 16.2. The van der Waals surface area contributed by atoms with Gasteiger partial charge in [-0.25, -0.2) is 4.98 Å². The van der Waals surface area contributed by atoms with Crippen molar-refractivity contribution in [3.05, 3.63) is 23.4 Å². The van der Waals surface area contributed by atoms with E-state index < -0.39 is 6.04 Å². The zero-order valence-electron chi connectivity index (χ0n) is 13.3. The molecule has 0 saturated heterocycles. The van der Waals surface area contributed by atoms with Gasteiger partial charge in [0.2, 0.25) is 5.91 Å². The lowest BCUT2D eigenvalue weighted by atomic mass is 10.1. The number of carbonyl (C=O) groups excluding carboxylic acids is 2. The van der Waals surface area contributed by atoms with E-state index in [9.17, 15) is 9.59 Å². The second kappa shape index (κ2) is 6.56. The Balaban J connectivity index is 2.77. The van der Waals surface area contributed by atoms with Crippen molar-refractivity contribution in [1.82, 2.24) is 15.6 Å². The first kappa shape index (κ1) is 16.9. The number of pyridine rings is 1. The molecule has 1 unspecified atom stereocenters. The topological polar surface area (TPSA) is 97.1 Å². The van der Waals surface area contributed by atoms with Gasteiger partial charge in [-0.05, 0) is 46.2 Å². The molecule has 0 fully saturated rings. The van der Waals surface area contributed by atoms with Gasteiger partial charge >= 0.3 is 0 Å². The Kier molecular flexibility index (Phi) is 5.29. The van der Waals surface area contributed by atoms with Crippen LogP contribution in [0.3, 0.4) is 0 Å². The van der Waals surface area contributed by atoms with Crippen molar-refractivity contribution in [2.24, 2.45) is 0 Å². The van der Waals surface area contributed by atoms with Gasteiger partial charge in [-0.15, -0.1) is 0 Å². The first-order chi connectivity index (χ1) is 9.62. The fourth-order valence-electron chi connectivity index (χ4n) is 1.75. The van der Waals surface area contributed by atoms with Crippen LogP contribution in [0.4, 0.5) is 5.82 Å². The molecule has 0 aliphatic heterocycles. The summed E-state index contributed by atoms with van der Waals surface area (Å²) in [4.78, 5) is 28.2. The van der Waals surface area contributed by atoms with E-state index in [4.69, 9.17) is 5.73 Å². The highest BCUT2D eigenvalue weighted by Gasteiger charge is 2.21. The number of hydrogen-bond acceptors (Lipinski definition) is 4. The molecule has 0 radical (unpaired) electrons. The Bertz CT molecular complexity index is 535. The predicted octanol–water partition coefficient (Wildman–Crippen LogP) is 1.26. The number of nitrogens with two attached hydrogens (primary N) is 1. The minimum absolute atomic E-state index is 0.228. The SMILES string of the molecule is CCc1cc(C(=O)NC(C)C(=O)NC(C)(C)C)cc(N)n1. The Morgan fingerprint density at radius 1 is 1.33 bits per heavy atom. The first-order valence-corrected chi connectivity index (χ1v) is 7.01. The van der Waals surface area contributed by atoms with Crippen LogP contribution in [0.15, 0.2) is 12.1 Å². The molecule has 0 aliphatic carbocycles. The van der Waals surface area contributed by atoms with E-state index in [1.807, 2.05) is 27.7 Å². The Morgan fingerprint density at radius 3 is 2.48 bits per heavy atom. The van der Waals surface area contributed by atoms with E-state index in [0.717, 1.165) is 5.69 Å². The third-order valence-electron chi connectivity index (χ3n) is 2.76. The molecule has 0 saturated carbocycles. The highest BCUT2D eigenvalue weighted by atomic mass is 16.2. The average Bonchev–Trinajstić information content (AvgIpc) is 2.35. The summed E-state index contributed by atoms with van der Waals surface area (Å²) in [6, 6.07) is 2.55. The maximum atomic E-state index is 12.2. The van der Waals surface area contributed by atoms with Crippen molar-refractivity contribution in [3.63, 3.8) is 0 Å². The highest BCUT2D eigenvalue weighted by Crippen LogP contribution is 2.09. The van der Waals surface area contributed by atoms with Crippen LogP contribution in [0.1, 0.15) is 50.7 Å². The van der Waals surface area contributed by atoms with Crippen molar-refractivity contribution >= 4 is 17.6 Å². The van der Waals surface area contributed by atoms with Crippen molar-refractivity contribution in [2.75, 3.05) is 5.73 Å². The summed E-state index contributed by atoms with van der Waals surface area (Å²) in [7, 11) is 0. The molecule has 1 rings (SSSR count). The smallest absolute Gasteiger partial charge is 0.252 e. The number of anilines is 1. The van der Waals surface area contributed by atoms with Crippen LogP contribution >= 0.6 is 0 Å². The number of carbonyl (C=O) groups is 2. The largest absolute Gasteiger partial charge is 0.384 e. The van der Waals surface area contributed by atoms with Crippen molar-refractivity contribution in [2.45, 2.75) is 52.6 Å². The molecule has 0 aromatic carbocycles. The van der Waals surface area contributed by atoms with Crippen molar-refractivity contribution < 1.29 is 9.59 Å². The molecule has 116 valence electrons. The fourth-order valence-corrected chi connectivity index (χ4v) is 1.75. The quantitative estimate of drug-likeness (QED) is 0.778. The predicted molar refractivity (Wildman–Crippen MR) is 82.9 cm³/mol. The average molecular weight is 292 g/mol. The molecule has 21 heavy (non-hydrogen) atoms. The van der Waals surface area contributed by atoms with Gasteiger partial charge in [0.25, 0.3) is 5.91 Å². The van der Waals surface area contributed by atoms with Crippen LogP contribution in [0.25, 0.3) is 0 Å². The third-order valence-corrected chi connectivity index (χ3v) is 2.76. The van der Waals surface area contributed by atoms with Crippen LogP contribution in [0, 0.1) is 0 Å². The van der Waals surface area contributed by atoms with E-state index in [0.29, 0.717) is 17.8 Å². The lowest BCUT2D eigenvalue weighted by Gasteiger charge is -2.23. The summed E-state index contributed by atoms with van der Waals surface area (Å²) in [5.74, 6) is -0.268. The van der Waals surface area contributed by atoms with Gasteiger partial charge < -0.3 is 16.4 Å². The van der Waals surface area contributed by atoms with Crippen molar-refractivity contribution in [3.8, 4) is 0 Å². The third kappa shape index (κ3) is 5.41. The molecule has 6 nitrogen and oxygen atoms in total. The highest BCUT2D eigenvalue weighted by molar-refractivity contribution is 5.98. The zero-order valence-corrected chi connectivity index (χ0v) is 13.3. The van der Waals surface area contributed by atoms with Crippen molar-refractivity contribution in [1.29, 1.82) is 0 Å². The molecule has 1 atom stereocenters. The van der Waals surface area contributed by atoms with Gasteiger partial charge in [0.15, 0.2) is 0 Å². The number of hydrogen-bond donors (Lipinski definition) is 3. The minimum Gasteiger partial charge on any atom is -0.384 e. The van der Waals surface area contributed by atoms with Crippen LogP contribution in [0.2, 0.25) is 0 Å². The number of rotatable bonds is 4. The van der Waals surface area contributed by atoms with Gasteiger partial charge in [-0.1, -0.05) is 6.92 Å². The van der Waals surface area contributed by atoms with Crippen LogP contribution in [0.5, 0.6) is 0 Å². The number of aryl methyl sites for hydroxylation is 1. The molecule has 2 amide bonds. The summed E-state index contributed by atoms with van der Waals surface area (Å²) in [6.07, 6.45) is 0.686. The molecular formula is C15H24N4O2. The molecule has 6 heteroatoms. The summed E-state index contributed by atoms with van der Waals surface area (Å²) >= 11 is 0. The summed E-state index contributed by atoms with van der Waals surface area (Å²) in [5, 5.41) is 5.48. The van der Waals surface area contributed by atoms with Crippen LogP contribution < -0.4 is 16.4 Å². The molecule has 0 aliphatic rings. The van der Waals surface area contributed by atoms with Gasteiger partial charge in [-0.3, -0.25) is 9.59 Å². The summed E-state index contributed by atoms with van der Waals surface area (Å²) in [6.45, 7) is 9.23. The standard InChI is InChI=1S/C15H24N4O2/c1-6-11-7-10(8-12(16)18-11)14(21)17-9(2)13(20)19-15(3,4)5/h7-9H,6H2,1-5H3,(H2,16,18)(H,17,21)(H,19,20). The van der Waals surface area contributed by atoms with Crippen LogP contribution in [-0.4, -0.2) is 28.4 Å². The lowest BCUT2D eigenvalue weighted by molar-refractivity contribution is -0.124. The molecule has 1 aromatic heterocycles. The van der Waals surface area contributed by atoms with E-state index in [1.54, 1.807) is 13.0 Å². The second-order valence-corrected chi connectivity index (χ2v) is 6.06. The number of nitrogens with zero attached hydrogens (tertiary/aromatic N) is 1. The number of aromatic nitrogens is 1. The normalized spacial score (nSPS) is 12.6. The monoisotopic (exact) mass is 292 g/mol. The molecule has 4 N–H and O–H groups in total. The molecule has 0 spiro atoms. The van der Waals surface area contributed by atoms with E-state index >= 15 is 0 Å². The summed E-state index contributed by atoms with van der Waals surface area (Å²) < 4.78 is 0. The lowest BCUT2D eigenvalue weighted by Crippen LogP contribution is -2.50. The maximum Gasteiger partial charge on any atom is 0.252 e. The molecule has 0 bridgehead atoms. The van der Waals surface area contributed by atoms with Gasteiger partial charge in [-0.2, -0.15) is 0 Å². The van der Waals surface area contributed by atoms with Gasteiger partial charge in [0.1, 0.15) is 11.9 Å². The Morgan fingerprint density at radius 2 is 1.95 bits per heavy atom. The number of amides is 2. The van der Waals surface area contributed by atoms with E-state index in [-0.39, 0.29) is 17.4 Å². The second-order valence-electron chi connectivity index (χ2n) is 6.06.